The molecule has 9 nitrogen and oxygen atoms in total. The van der Waals surface area contributed by atoms with E-state index in [1.807, 2.05) is 39.8 Å². The number of nitrogens with zero attached hydrogens (tertiary/aromatic N) is 5. The number of carbonyl (C=O) groups is 1. The van der Waals surface area contributed by atoms with Crippen LogP contribution in [0.5, 0.6) is 11.5 Å². The molecule has 0 bridgehead atoms. The van der Waals surface area contributed by atoms with Gasteiger partial charge in [0.25, 0.3) is 0 Å². The fraction of sp³-hybridized carbons (Fsp3) is 0.480. The number of piperidine rings is 2. The Labute approximate surface area is 197 Å². The molecule has 3 aromatic rings. The summed E-state index contributed by atoms with van der Waals surface area (Å²) in [5.41, 5.74) is 2.77. The summed E-state index contributed by atoms with van der Waals surface area (Å²) in [4.78, 5) is 26.9. The minimum atomic E-state index is -0.419. The lowest BCUT2D eigenvalue weighted by atomic mass is 9.98. The Morgan fingerprint density at radius 1 is 1.12 bits per heavy atom. The predicted molar refractivity (Wildman–Crippen MR) is 124 cm³/mol. The third-order valence-corrected chi connectivity index (χ3v) is 7.11. The average Bonchev–Trinajstić information content (AvgIpc) is 3.48. The average molecular weight is 464 g/mol. The van der Waals surface area contributed by atoms with Crippen molar-refractivity contribution in [3.8, 4) is 22.8 Å². The maximum atomic E-state index is 13.5. The van der Waals surface area contributed by atoms with E-state index in [2.05, 4.69) is 9.88 Å². The molecule has 0 radical (unpaired) electrons. The molecule has 0 aliphatic carbocycles. The maximum Gasteiger partial charge on any atom is 0.240 e. The van der Waals surface area contributed by atoms with Gasteiger partial charge >= 0.3 is 0 Å². The van der Waals surface area contributed by atoms with Crippen LogP contribution in [0.25, 0.3) is 17.0 Å². The number of aromatic nitrogens is 3. The lowest BCUT2D eigenvalue weighted by Crippen LogP contribution is -2.53. The maximum absolute atomic E-state index is 13.5. The molecule has 0 spiro atoms. The molecule has 1 amide bonds. The zero-order chi connectivity index (χ0) is 23.1. The highest BCUT2D eigenvalue weighted by Gasteiger charge is 2.35. The molecule has 3 aliphatic rings. The number of rotatable bonds is 4. The van der Waals surface area contributed by atoms with Crippen LogP contribution in [0.1, 0.15) is 37.8 Å². The number of hydrogen-bond donors (Lipinski definition) is 1. The SMILES string of the molecule is O=C(C1CCCCN1Cc1c(-c2ccc3c(c2)OCO3)nc2ncccn12)N1CCCC(O)C1. The lowest BCUT2D eigenvalue weighted by molar-refractivity contribution is -0.141. The number of likely N-dealkylation sites (tertiary alicyclic amines) is 2. The fourth-order valence-corrected chi connectivity index (χ4v) is 5.38. The lowest BCUT2D eigenvalue weighted by Gasteiger charge is -2.39. The van der Waals surface area contributed by atoms with Crippen molar-refractivity contribution in [1.29, 1.82) is 0 Å². The van der Waals surface area contributed by atoms with Gasteiger partial charge in [-0.2, -0.15) is 0 Å². The van der Waals surface area contributed by atoms with E-state index in [1.54, 1.807) is 6.20 Å². The fourth-order valence-electron chi connectivity index (χ4n) is 5.38. The first kappa shape index (κ1) is 21.4. The smallest absolute Gasteiger partial charge is 0.240 e. The Morgan fingerprint density at radius 2 is 2.03 bits per heavy atom. The van der Waals surface area contributed by atoms with Crippen molar-refractivity contribution in [2.24, 2.45) is 0 Å². The Morgan fingerprint density at radius 3 is 2.94 bits per heavy atom. The van der Waals surface area contributed by atoms with Crippen molar-refractivity contribution in [2.75, 3.05) is 26.4 Å². The molecular formula is C25H29N5O4. The van der Waals surface area contributed by atoms with Crippen LogP contribution in [-0.4, -0.2) is 73.8 Å². The van der Waals surface area contributed by atoms with Gasteiger partial charge < -0.3 is 19.5 Å². The highest BCUT2D eigenvalue weighted by atomic mass is 16.7. The number of β-amino-alcohol motifs (C(OH)–C–C–N with tert-alkyl or cyclic N) is 1. The van der Waals surface area contributed by atoms with Gasteiger partial charge in [0.05, 0.1) is 23.5 Å². The molecule has 3 aliphatic heterocycles. The summed E-state index contributed by atoms with van der Waals surface area (Å²) < 4.78 is 13.1. The van der Waals surface area contributed by atoms with Gasteiger partial charge in [0, 0.05) is 37.6 Å². The van der Waals surface area contributed by atoms with Gasteiger partial charge in [0.2, 0.25) is 18.5 Å². The van der Waals surface area contributed by atoms with Gasteiger partial charge in [-0.3, -0.25) is 14.1 Å². The number of aliphatic hydroxyl groups excluding tert-OH is 1. The van der Waals surface area contributed by atoms with Crippen molar-refractivity contribution in [3.63, 3.8) is 0 Å². The van der Waals surface area contributed by atoms with Crippen LogP contribution >= 0.6 is 0 Å². The highest BCUT2D eigenvalue weighted by molar-refractivity contribution is 5.82. The monoisotopic (exact) mass is 463 g/mol. The number of ether oxygens (including phenoxy) is 2. The van der Waals surface area contributed by atoms with Gasteiger partial charge in [0.15, 0.2) is 11.5 Å². The molecular weight excluding hydrogens is 434 g/mol. The first-order chi connectivity index (χ1) is 16.7. The van der Waals surface area contributed by atoms with E-state index in [0.717, 1.165) is 67.9 Å². The molecule has 2 unspecified atom stereocenters. The van der Waals surface area contributed by atoms with Gasteiger partial charge in [-0.15, -0.1) is 0 Å². The van der Waals surface area contributed by atoms with Gasteiger partial charge in [-0.25, -0.2) is 9.97 Å². The second-order valence-electron chi connectivity index (χ2n) is 9.33. The Kier molecular flexibility index (Phi) is 5.58. The van der Waals surface area contributed by atoms with Crippen LogP contribution < -0.4 is 9.47 Å². The molecule has 2 saturated heterocycles. The van der Waals surface area contributed by atoms with Crippen LogP contribution in [-0.2, 0) is 11.3 Å². The second-order valence-corrected chi connectivity index (χ2v) is 9.33. The molecule has 2 fully saturated rings. The molecule has 2 atom stereocenters. The summed E-state index contributed by atoms with van der Waals surface area (Å²) in [6.07, 6.45) is 7.84. The molecule has 1 N–H and O–H groups in total. The third kappa shape index (κ3) is 3.88. The van der Waals surface area contributed by atoms with Crippen LogP contribution in [0.3, 0.4) is 0 Å². The Balaban J connectivity index is 1.34. The number of carbonyl (C=O) groups excluding carboxylic acids is 1. The van der Waals surface area contributed by atoms with Gasteiger partial charge in [-0.1, -0.05) is 6.42 Å². The van der Waals surface area contributed by atoms with E-state index in [9.17, 15) is 9.90 Å². The van der Waals surface area contributed by atoms with Crippen molar-refractivity contribution >= 4 is 11.7 Å². The minimum Gasteiger partial charge on any atom is -0.454 e. The van der Waals surface area contributed by atoms with E-state index < -0.39 is 6.10 Å². The topological polar surface area (TPSA) is 92.4 Å². The number of hydrogen-bond acceptors (Lipinski definition) is 7. The Bertz CT molecular complexity index is 1210. The predicted octanol–water partition coefficient (Wildman–Crippen LogP) is 2.46. The van der Waals surface area contributed by atoms with Crippen LogP contribution in [0.15, 0.2) is 36.7 Å². The van der Waals surface area contributed by atoms with Crippen molar-refractivity contribution in [1.82, 2.24) is 24.2 Å². The summed E-state index contributed by atoms with van der Waals surface area (Å²) in [5.74, 6) is 2.21. The van der Waals surface area contributed by atoms with Crippen molar-refractivity contribution < 1.29 is 19.4 Å². The largest absolute Gasteiger partial charge is 0.454 e. The molecule has 1 aromatic carbocycles. The number of amides is 1. The summed E-state index contributed by atoms with van der Waals surface area (Å²) in [6.45, 7) is 2.82. The minimum absolute atomic E-state index is 0.134. The number of imidazole rings is 1. The standard InChI is InChI=1S/C25H29N5O4/c31-18-5-3-11-29(14-18)24(32)19-6-1-2-10-28(19)15-20-23(27-25-26-9-4-12-30(20)25)17-7-8-21-22(13-17)34-16-33-21/h4,7-9,12-13,18-19,31H,1-3,5-6,10-11,14-16H2. The summed E-state index contributed by atoms with van der Waals surface area (Å²) in [5, 5.41) is 10.1. The van der Waals surface area contributed by atoms with Crippen LogP contribution in [0.4, 0.5) is 0 Å². The van der Waals surface area contributed by atoms with Gasteiger partial charge in [-0.05, 0) is 56.5 Å². The van der Waals surface area contributed by atoms with Gasteiger partial charge in [0.1, 0.15) is 0 Å². The summed E-state index contributed by atoms with van der Waals surface area (Å²) in [6, 6.07) is 7.57. The molecule has 0 saturated carbocycles. The summed E-state index contributed by atoms with van der Waals surface area (Å²) in [7, 11) is 0. The first-order valence-electron chi connectivity index (χ1n) is 12.1. The first-order valence-corrected chi connectivity index (χ1v) is 12.1. The molecule has 9 heteroatoms. The van der Waals surface area contributed by atoms with Crippen LogP contribution in [0, 0.1) is 0 Å². The van der Waals surface area contributed by atoms with E-state index in [-0.39, 0.29) is 18.7 Å². The zero-order valence-electron chi connectivity index (χ0n) is 19.1. The number of aliphatic hydroxyl groups is 1. The van der Waals surface area contributed by atoms with Crippen molar-refractivity contribution in [3.05, 3.63) is 42.4 Å². The normalized spacial score (nSPS) is 22.9. The molecule has 5 heterocycles. The van der Waals surface area contributed by atoms with E-state index in [1.165, 1.54) is 0 Å². The third-order valence-electron chi connectivity index (χ3n) is 7.11. The van der Waals surface area contributed by atoms with Crippen molar-refractivity contribution in [2.45, 2.75) is 50.8 Å². The van der Waals surface area contributed by atoms with E-state index >= 15 is 0 Å². The zero-order valence-corrected chi connectivity index (χ0v) is 19.1. The molecule has 2 aromatic heterocycles. The van der Waals surface area contributed by atoms with E-state index in [4.69, 9.17) is 14.5 Å². The van der Waals surface area contributed by atoms with Crippen LogP contribution in [0.2, 0.25) is 0 Å². The summed E-state index contributed by atoms with van der Waals surface area (Å²) >= 11 is 0. The molecule has 34 heavy (non-hydrogen) atoms. The highest BCUT2D eigenvalue weighted by Crippen LogP contribution is 2.37. The number of benzene rings is 1. The molecule has 178 valence electrons. The quantitative estimate of drug-likeness (QED) is 0.635. The van der Waals surface area contributed by atoms with E-state index in [0.29, 0.717) is 24.6 Å². The Hall–Kier alpha value is -3.17. The number of fused-ring (bicyclic) bond motifs is 2. The molecule has 6 rings (SSSR count). The second kappa shape index (κ2) is 8.88.